The van der Waals surface area contributed by atoms with Crippen LogP contribution in [0.1, 0.15) is 25.5 Å². The van der Waals surface area contributed by atoms with Crippen LogP contribution in [0.15, 0.2) is 12.3 Å². The maximum absolute atomic E-state index is 5.54. The van der Waals surface area contributed by atoms with Crippen molar-refractivity contribution in [3.63, 3.8) is 0 Å². The summed E-state index contributed by atoms with van der Waals surface area (Å²) in [7, 11) is 0. The number of hydrogen-bond acceptors (Lipinski definition) is 4. The summed E-state index contributed by atoms with van der Waals surface area (Å²) >= 11 is 0. The van der Waals surface area contributed by atoms with Crippen LogP contribution >= 0.6 is 0 Å². The number of aromatic nitrogens is 2. The maximum Gasteiger partial charge on any atom is 0.222 e. The average Bonchev–Trinajstić information content (AvgIpc) is 2.24. The van der Waals surface area contributed by atoms with Crippen LogP contribution in [-0.4, -0.2) is 23.1 Å². The lowest BCUT2D eigenvalue weighted by Crippen LogP contribution is -2.13. The van der Waals surface area contributed by atoms with E-state index in [9.17, 15) is 0 Å². The first-order chi connectivity index (χ1) is 7.22. The topological polar surface area (TPSA) is 63.8 Å². The van der Waals surface area contributed by atoms with Gasteiger partial charge in [-0.15, -0.1) is 0 Å². The van der Waals surface area contributed by atoms with Crippen molar-refractivity contribution >= 4 is 5.95 Å². The number of aryl methyl sites for hydroxylation is 1. The third-order valence-electron chi connectivity index (χ3n) is 2.35. The van der Waals surface area contributed by atoms with Gasteiger partial charge in [0.2, 0.25) is 5.95 Å². The highest BCUT2D eigenvalue weighted by Crippen LogP contribution is 2.04. The van der Waals surface area contributed by atoms with E-state index in [0.29, 0.717) is 5.92 Å². The first-order valence-corrected chi connectivity index (χ1v) is 5.46. The Morgan fingerprint density at radius 3 is 3.00 bits per heavy atom. The first-order valence-electron chi connectivity index (χ1n) is 5.46. The highest BCUT2D eigenvalue weighted by Gasteiger charge is 1.99. The smallest absolute Gasteiger partial charge is 0.222 e. The summed E-state index contributed by atoms with van der Waals surface area (Å²) in [6.07, 6.45) is 4.03. The van der Waals surface area contributed by atoms with E-state index in [4.69, 9.17) is 5.73 Å². The Morgan fingerprint density at radius 2 is 2.33 bits per heavy atom. The molecule has 0 aromatic carbocycles. The molecule has 0 aliphatic rings. The number of nitrogens with zero attached hydrogens (tertiary/aromatic N) is 2. The maximum atomic E-state index is 5.54. The van der Waals surface area contributed by atoms with Gasteiger partial charge in [-0.3, -0.25) is 0 Å². The molecule has 0 amide bonds. The lowest BCUT2D eigenvalue weighted by atomic mass is 10.1. The molecule has 0 aliphatic carbocycles. The molecule has 15 heavy (non-hydrogen) atoms. The minimum Gasteiger partial charge on any atom is -0.354 e. The van der Waals surface area contributed by atoms with Gasteiger partial charge >= 0.3 is 0 Å². The van der Waals surface area contributed by atoms with E-state index < -0.39 is 0 Å². The average molecular weight is 208 g/mol. The highest BCUT2D eigenvalue weighted by molar-refractivity contribution is 5.24. The molecule has 4 nitrogen and oxygen atoms in total. The second-order valence-electron chi connectivity index (χ2n) is 3.93. The van der Waals surface area contributed by atoms with Gasteiger partial charge in [0, 0.05) is 18.4 Å². The van der Waals surface area contributed by atoms with Crippen molar-refractivity contribution < 1.29 is 0 Å². The summed E-state index contributed by atoms with van der Waals surface area (Å²) in [5, 5.41) is 3.20. The third-order valence-corrected chi connectivity index (χ3v) is 2.35. The van der Waals surface area contributed by atoms with Crippen molar-refractivity contribution in [1.82, 2.24) is 9.97 Å². The Balaban J connectivity index is 2.20. The predicted octanol–water partition coefficient (Wildman–Crippen LogP) is 1.57. The van der Waals surface area contributed by atoms with Gasteiger partial charge in [-0.25, -0.2) is 9.97 Å². The van der Waals surface area contributed by atoms with Gasteiger partial charge in [0.25, 0.3) is 0 Å². The standard InChI is InChI=1S/C11H20N4/c1-9(8-12)4-3-6-13-11-14-7-5-10(2)15-11/h5,7,9H,3-4,6,8,12H2,1-2H3,(H,13,14,15). The predicted molar refractivity (Wildman–Crippen MR) is 62.7 cm³/mol. The highest BCUT2D eigenvalue weighted by atomic mass is 15.1. The van der Waals surface area contributed by atoms with Gasteiger partial charge in [0.05, 0.1) is 0 Å². The Labute approximate surface area is 91.3 Å². The lowest BCUT2D eigenvalue weighted by Gasteiger charge is -2.08. The number of nitrogens with one attached hydrogen (secondary N) is 1. The summed E-state index contributed by atoms with van der Waals surface area (Å²) in [5.41, 5.74) is 6.53. The molecule has 1 aromatic heterocycles. The van der Waals surface area contributed by atoms with Crippen LogP contribution in [0.3, 0.4) is 0 Å². The molecule has 1 aromatic rings. The van der Waals surface area contributed by atoms with Gasteiger partial charge < -0.3 is 11.1 Å². The second kappa shape index (κ2) is 6.35. The van der Waals surface area contributed by atoms with E-state index in [2.05, 4.69) is 22.2 Å². The number of nitrogens with two attached hydrogens (primary N) is 1. The van der Waals surface area contributed by atoms with Crippen LogP contribution in [0.2, 0.25) is 0 Å². The molecular formula is C11H20N4. The van der Waals surface area contributed by atoms with Crippen LogP contribution in [0.5, 0.6) is 0 Å². The van der Waals surface area contributed by atoms with Crippen molar-refractivity contribution in [2.45, 2.75) is 26.7 Å². The normalized spacial score (nSPS) is 12.5. The van der Waals surface area contributed by atoms with Crippen LogP contribution in [-0.2, 0) is 0 Å². The number of anilines is 1. The van der Waals surface area contributed by atoms with Crippen molar-refractivity contribution in [2.24, 2.45) is 11.7 Å². The number of rotatable bonds is 6. The van der Waals surface area contributed by atoms with Crippen LogP contribution < -0.4 is 11.1 Å². The molecule has 3 N–H and O–H groups in total. The summed E-state index contributed by atoms with van der Waals surface area (Å²) < 4.78 is 0. The zero-order valence-electron chi connectivity index (χ0n) is 9.53. The van der Waals surface area contributed by atoms with E-state index in [1.165, 1.54) is 0 Å². The molecule has 84 valence electrons. The molecule has 1 heterocycles. The fraction of sp³-hybridized carbons (Fsp3) is 0.636. The van der Waals surface area contributed by atoms with Crippen molar-refractivity contribution in [1.29, 1.82) is 0 Å². The Kier molecular flexibility index (Phi) is 5.04. The Bertz CT molecular complexity index is 288. The van der Waals surface area contributed by atoms with E-state index in [0.717, 1.165) is 37.6 Å². The molecule has 0 saturated heterocycles. The molecule has 1 unspecified atom stereocenters. The summed E-state index contributed by atoms with van der Waals surface area (Å²) in [6.45, 7) is 5.81. The SMILES string of the molecule is Cc1ccnc(NCCCC(C)CN)n1. The fourth-order valence-electron chi connectivity index (χ4n) is 1.30. The largest absolute Gasteiger partial charge is 0.354 e. The molecule has 0 radical (unpaired) electrons. The molecule has 0 bridgehead atoms. The van der Waals surface area contributed by atoms with Crippen molar-refractivity contribution in [2.75, 3.05) is 18.4 Å². The van der Waals surface area contributed by atoms with Gasteiger partial charge in [0.1, 0.15) is 0 Å². The fourth-order valence-corrected chi connectivity index (χ4v) is 1.30. The summed E-state index contributed by atoms with van der Waals surface area (Å²) in [6, 6.07) is 1.89. The molecule has 0 fully saturated rings. The van der Waals surface area contributed by atoms with E-state index in [-0.39, 0.29) is 0 Å². The first kappa shape index (κ1) is 11.9. The van der Waals surface area contributed by atoms with Crippen LogP contribution in [0, 0.1) is 12.8 Å². The van der Waals surface area contributed by atoms with Gasteiger partial charge in [-0.1, -0.05) is 6.92 Å². The van der Waals surface area contributed by atoms with Gasteiger partial charge in [-0.2, -0.15) is 0 Å². The van der Waals surface area contributed by atoms with Crippen molar-refractivity contribution in [3.05, 3.63) is 18.0 Å². The minimum atomic E-state index is 0.602. The molecule has 0 aliphatic heterocycles. The Hall–Kier alpha value is -1.16. The van der Waals surface area contributed by atoms with Gasteiger partial charge in [-0.05, 0) is 38.3 Å². The molecule has 1 atom stereocenters. The van der Waals surface area contributed by atoms with Gasteiger partial charge in [0.15, 0.2) is 0 Å². The number of hydrogen-bond donors (Lipinski definition) is 2. The molecular weight excluding hydrogens is 188 g/mol. The quantitative estimate of drug-likeness (QED) is 0.697. The second-order valence-corrected chi connectivity index (χ2v) is 3.93. The zero-order chi connectivity index (χ0) is 11.1. The molecule has 4 heteroatoms. The monoisotopic (exact) mass is 208 g/mol. The molecule has 0 saturated carbocycles. The molecule has 1 rings (SSSR count). The summed E-state index contributed by atoms with van der Waals surface area (Å²) in [5.74, 6) is 1.32. The molecule has 0 spiro atoms. The minimum absolute atomic E-state index is 0.602. The third kappa shape index (κ3) is 4.74. The van der Waals surface area contributed by atoms with Crippen molar-refractivity contribution in [3.8, 4) is 0 Å². The zero-order valence-corrected chi connectivity index (χ0v) is 9.53. The Morgan fingerprint density at radius 1 is 1.53 bits per heavy atom. The lowest BCUT2D eigenvalue weighted by molar-refractivity contribution is 0.529. The van der Waals surface area contributed by atoms with E-state index in [1.54, 1.807) is 6.20 Å². The van der Waals surface area contributed by atoms with E-state index in [1.807, 2.05) is 13.0 Å². The van der Waals surface area contributed by atoms with E-state index >= 15 is 0 Å². The van der Waals surface area contributed by atoms with Crippen LogP contribution in [0.25, 0.3) is 0 Å². The van der Waals surface area contributed by atoms with Crippen LogP contribution in [0.4, 0.5) is 5.95 Å². The summed E-state index contributed by atoms with van der Waals surface area (Å²) in [4.78, 5) is 8.39.